The van der Waals surface area contributed by atoms with E-state index in [4.69, 9.17) is 12.3 Å². The molecule has 8 nitrogen and oxygen atoms in total. The van der Waals surface area contributed by atoms with E-state index >= 15 is 0 Å². The zero-order chi connectivity index (χ0) is 27.5. The predicted octanol–water partition coefficient (Wildman–Crippen LogP) is 3.99. The molecule has 1 saturated heterocycles. The molecular weight excluding hydrogens is 475 g/mol. The maximum absolute atomic E-state index is 13.5. The highest BCUT2D eigenvalue weighted by Crippen LogP contribution is 2.29. The van der Waals surface area contributed by atoms with Gasteiger partial charge in [-0.15, -0.1) is 0 Å². The van der Waals surface area contributed by atoms with Crippen LogP contribution in [-0.4, -0.2) is 54.0 Å². The minimum Gasteiger partial charge on any atom is -0.386 e. The van der Waals surface area contributed by atoms with Gasteiger partial charge in [-0.2, -0.15) is 0 Å². The number of halogens is 1. The molecule has 2 rings (SSSR count). The van der Waals surface area contributed by atoms with E-state index in [2.05, 4.69) is 16.7 Å². The number of nitrogens with zero attached hydrogens (tertiary/aromatic N) is 2. The molecular formula is C28H37FN4O4. The van der Waals surface area contributed by atoms with Crippen molar-refractivity contribution in [2.45, 2.75) is 58.4 Å². The molecule has 0 radical (unpaired) electrons. The highest BCUT2D eigenvalue weighted by molar-refractivity contribution is 6.00. The zero-order valence-corrected chi connectivity index (χ0v) is 21.7. The van der Waals surface area contributed by atoms with Crippen LogP contribution < -0.4 is 11.1 Å². The van der Waals surface area contributed by atoms with Gasteiger partial charge in [-0.25, -0.2) is 9.24 Å². The van der Waals surface area contributed by atoms with Gasteiger partial charge >= 0.3 is 0 Å². The minimum absolute atomic E-state index is 0.00628. The van der Waals surface area contributed by atoms with Crippen LogP contribution in [0.25, 0.3) is 4.85 Å². The molecule has 37 heavy (non-hydrogen) atoms. The Bertz CT molecular complexity index is 1030. The average molecular weight is 513 g/mol. The second-order valence-corrected chi connectivity index (χ2v) is 9.89. The molecule has 1 aliphatic heterocycles. The molecule has 0 unspecified atom stereocenters. The lowest BCUT2D eigenvalue weighted by Gasteiger charge is -2.30. The van der Waals surface area contributed by atoms with Crippen molar-refractivity contribution >= 4 is 28.9 Å². The predicted molar refractivity (Wildman–Crippen MR) is 139 cm³/mol. The summed E-state index contributed by atoms with van der Waals surface area (Å²) in [6.45, 7) is 14.0. The average Bonchev–Trinajstić information content (AvgIpc) is 3.38. The summed E-state index contributed by atoms with van der Waals surface area (Å²) in [5.41, 5.74) is 6.33. The normalized spacial score (nSPS) is 16.6. The van der Waals surface area contributed by atoms with Crippen molar-refractivity contribution in [3.63, 3.8) is 0 Å². The molecule has 1 heterocycles. The molecule has 0 bridgehead atoms. The SMILES string of the molecule is [C-]#[N+]c1ccc(C(=O)C[C@H](C(=O)N2CCC[C@H]2C(=O)C[C@@H](CCCNC(=C)N)C(=O)CF)C(C)C)cc1. The molecule has 0 saturated carbocycles. The van der Waals surface area contributed by atoms with Gasteiger partial charge in [0.1, 0.15) is 6.67 Å². The third kappa shape index (κ3) is 8.52. The number of alkyl halides is 1. The van der Waals surface area contributed by atoms with Gasteiger partial charge in [0.05, 0.1) is 18.4 Å². The first-order valence-corrected chi connectivity index (χ1v) is 12.7. The Hall–Kier alpha value is -3.54. The molecule has 1 amide bonds. The van der Waals surface area contributed by atoms with Crippen LogP contribution in [-0.2, 0) is 14.4 Å². The second-order valence-electron chi connectivity index (χ2n) is 9.89. The van der Waals surface area contributed by atoms with Crippen LogP contribution in [0.4, 0.5) is 10.1 Å². The number of nitrogens with one attached hydrogen (secondary N) is 1. The Morgan fingerprint density at radius 2 is 1.89 bits per heavy atom. The number of amides is 1. The number of carbonyl (C=O) groups excluding carboxylic acids is 4. The van der Waals surface area contributed by atoms with E-state index in [0.717, 1.165) is 0 Å². The van der Waals surface area contributed by atoms with Crippen LogP contribution in [0.1, 0.15) is 62.7 Å². The maximum atomic E-state index is 13.5. The number of benzene rings is 1. The molecule has 0 aromatic heterocycles. The van der Waals surface area contributed by atoms with E-state index in [1.165, 1.54) is 0 Å². The molecule has 200 valence electrons. The number of hydrogen-bond acceptors (Lipinski definition) is 6. The molecule has 0 aliphatic carbocycles. The van der Waals surface area contributed by atoms with Gasteiger partial charge in [-0.1, -0.05) is 44.7 Å². The fraction of sp³-hybridized carbons (Fsp3) is 0.536. The van der Waals surface area contributed by atoms with Crippen molar-refractivity contribution in [1.82, 2.24) is 10.2 Å². The molecule has 1 fully saturated rings. The van der Waals surface area contributed by atoms with Crippen LogP contribution in [0.3, 0.4) is 0 Å². The monoisotopic (exact) mass is 512 g/mol. The number of Topliss-reactive ketones (excluding diaryl/α,β-unsaturated/α-hetero) is 3. The van der Waals surface area contributed by atoms with E-state index in [1.807, 2.05) is 13.8 Å². The number of rotatable bonds is 15. The van der Waals surface area contributed by atoms with Gasteiger partial charge in [-0.05, 0) is 31.6 Å². The maximum Gasteiger partial charge on any atom is 0.227 e. The van der Waals surface area contributed by atoms with Gasteiger partial charge < -0.3 is 16.0 Å². The number of carbonyl (C=O) groups is 4. The van der Waals surface area contributed by atoms with E-state index < -0.39 is 30.3 Å². The summed E-state index contributed by atoms with van der Waals surface area (Å²) >= 11 is 0. The van der Waals surface area contributed by atoms with Crippen LogP contribution in [0.5, 0.6) is 0 Å². The topological polar surface area (TPSA) is 114 Å². The third-order valence-corrected chi connectivity index (χ3v) is 6.87. The first kappa shape index (κ1) is 29.7. The Labute approximate surface area is 218 Å². The van der Waals surface area contributed by atoms with Crippen molar-refractivity contribution in [3.8, 4) is 0 Å². The molecule has 3 N–H and O–H groups in total. The third-order valence-electron chi connectivity index (χ3n) is 6.87. The molecule has 0 spiro atoms. The highest BCUT2D eigenvalue weighted by Gasteiger charge is 2.39. The summed E-state index contributed by atoms with van der Waals surface area (Å²) < 4.78 is 13.2. The first-order chi connectivity index (χ1) is 17.6. The number of hydrogen-bond donors (Lipinski definition) is 2. The summed E-state index contributed by atoms with van der Waals surface area (Å²) in [5, 5.41) is 2.84. The zero-order valence-electron chi connectivity index (χ0n) is 21.7. The van der Waals surface area contributed by atoms with Crippen molar-refractivity contribution < 1.29 is 23.6 Å². The minimum atomic E-state index is -1.14. The Kier molecular flexibility index (Phi) is 11.4. The van der Waals surface area contributed by atoms with E-state index in [9.17, 15) is 23.6 Å². The summed E-state index contributed by atoms with van der Waals surface area (Å²) in [5.74, 6) is -2.54. The standard InChI is InChI=1S/C28H37FN4O4/c1-18(2)23(16-25(34)20-9-11-22(31-4)12-10-20)28(37)33-14-6-8-24(33)26(35)15-21(27(36)17-29)7-5-13-32-19(3)30/h9-12,18,21,23-24,32H,3,5-8,13-17,30H2,1-2H3/t21-,23+,24+/m1/s1. The quantitative estimate of drug-likeness (QED) is 0.209. The summed E-state index contributed by atoms with van der Waals surface area (Å²) in [4.78, 5) is 56.7. The van der Waals surface area contributed by atoms with E-state index in [-0.39, 0.29) is 36.2 Å². The second kappa shape index (κ2) is 14.3. The van der Waals surface area contributed by atoms with Crippen molar-refractivity contribution in [2.75, 3.05) is 19.8 Å². The molecule has 1 aromatic rings. The Balaban J connectivity index is 2.09. The smallest absolute Gasteiger partial charge is 0.227 e. The fourth-order valence-electron chi connectivity index (χ4n) is 4.69. The van der Waals surface area contributed by atoms with Crippen molar-refractivity contribution in [1.29, 1.82) is 0 Å². The van der Waals surface area contributed by atoms with Crippen LogP contribution in [0.2, 0.25) is 0 Å². The lowest BCUT2D eigenvalue weighted by atomic mass is 9.86. The number of likely N-dealkylation sites (tertiary alicyclic amines) is 1. The molecule has 3 atom stereocenters. The Morgan fingerprint density at radius 3 is 2.46 bits per heavy atom. The van der Waals surface area contributed by atoms with Crippen LogP contribution >= 0.6 is 0 Å². The van der Waals surface area contributed by atoms with E-state index in [0.29, 0.717) is 55.8 Å². The van der Waals surface area contributed by atoms with Crippen LogP contribution in [0.15, 0.2) is 36.7 Å². The summed E-state index contributed by atoms with van der Waals surface area (Å²) in [6.07, 6.45) is 1.83. The van der Waals surface area contributed by atoms with Gasteiger partial charge in [0.25, 0.3) is 0 Å². The van der Waals surface area contributed by atoms with Gasteiger partial charge in [0.15, 0.2) is 23.0 Å². The summed E-state index contributed by atoms with van der Waals surface area (Å²) in [6, 6.07) is 5.62. The lowest BCUT2D eigenvalue weighted by Crippen LogP contribution is -2.45. The van der Waals surface area contributed by atoms with Crippen molar-refractivity contribution in [2.24, 2.45) is 23.5 Å². The highest BCUT2D eigenvalue weighted by atomic mass is 19.1. The first-order valence-electron chi connectivity index (χ1n) is 12.7. The fourth-order valence-corrected chi connectivity index (χ4v) is 4.69. The molecule has 1 aromatic carbocycles. The molecule has 9 heteroatoms. The van der Waals surface area contributed by atoms with Gasteiger partial charge in [0, 0.05) is 43.3 Å². The van der Waals surface area contributed by atoms with Crippen molar-refractivity contribution in [3.05, 3.63) is 53.6 Å². The van der Waals surface area contributed by atoms with Gasteiger partial charge in [0.2, 0.25) is 5.91 Å². The lowest BCUT2D eigenvalue weighted by molar-refractivity contribution is -0.142. The summed E-state index contributed by atoms with van der Waals surface area (Å²) in [7, 11) is 0. The van der Waals surface area contributed by atoms with Gasteiger partial charge in [-0.3, -0.25) is 19.2 Å². The van der Waals surface area contributed by atoms with Crippen LogP contribution in [0, 0.1) is 24.3 Å². The number of nitrogens with two attached hydrogens (primary N) is 1. The molecule has 1 aliphatic rings. The number of ketones is 3. The Morgan fingerprint density at radius 1 is 1.22 bits per heavy atom. The largest absolute Gasteiger partial charge is 0.386 e. The van der Waals surface area contributed by atoms with E-state index in [1.54, 1.807) is 29.2 Å².